The van der Waals surface area contributed by atoms with E-state index in [1.165, 1.54) is 0 Å². The largest absolute Gasteiger partial charge is 0.497 e. The van der Waals surface area contributed by atoms with Crippen molar-refractivity contribution in [1.29, 1.82) is 0 Å². The Kier molecular flexibility index (Phi) is 6.36. The molecule has 0 radical (unpaired) electrons. The number of hydrogen-bond acceptors (Lipinski definition) is 8. The third-order valence-electron chi connectivity index (χ3n) is 4.21. The van der Waals surface area contributed by atoms with Gasteiger partial charge in [-0.25, -0.2) is 8.42 Å². The number of carbonyl (C=O) groups excluding carboxylic acids is 1. The van der Waals surface area contributed by atoms with E-state index in [2.05, 4.69) is 10.1 Å². The van der Waals surface area contributed by atoms with Crippen LogP contribution >= 0.6 is 0 Å². The molecular formula is C20H21N3O6S. The maximum atomic E-state index is 12.3. The molecule has 0 saturated carbocycles. The van der Waals surface area contributed by atoms with Crippen molar-refractivity contribution >= 4 is 21.7 Å². The van der Waals surface area contributed by atoms with E-state index in [1.807, 2.05) is 0 Å². The number of carbonyl (C=O) groups is 1. The monoisotopic (exact) mass is 431 g/mol. The number of para-hydroxylation sites is 1. The fourth-order valence-electron chi connectivity index (χ4n) is 2.72. The van der Waals surface area contributed by atoms with Gasteiger partial charge in [0, 0.05) is 5.56 Å². The number of sulfonamides is 1. The molecule has 0 bridgehead atoms. The zero-order chi connectivity index (χ0) is 21.7. The van der Waals surface area contributed by atoms with Crippen LogP contribution in [0.1, 0.15) is 11.5 Å². The normalized spacial score (nSPS) is 11.2. The van der Waals surface area contributed by atoms with Gasteiger partial charge in [-0.2, -0.15) is 4.98 Å². The van der Waals surface area contributed by atoms with Gasteiger partial charge >= 0.3 is 5.97 Å². The molecule has 158 valence electrons. The lowest BCUT2D eigenvalue weighted by Crippen LogP contribution is -2.36. The first-order chi connectivity index (χ1) is 14.3. The summed E-state index contributed by atoms with van der Waals surface area (Å²) in [5, 5.41) is 3.86. The lowest BCUT2D eigenvalue weighted by molar-refractivity contribution is -0.143. The predicted octanol–water partition coefficient (Wildman–Crippen LogP) is 2.56. The smallest absolute Gasteiger partial charge is 0.327 e. The topological polar surface area (TPSA) is 112 Å². The molecule has 2 aromatic carbocycles. The van der Waals surface area contributed by atoms with E-state index >= 15 is 0 Å². The van der Waals surface area contributed by atoms with Crippen molar-refractivity contribution in [1.82, 2.24) is 10.1 Å². The predicted molar refractivity (Wildman–Crippen MR) is 109 cm³/mol. The molecule has 0 fully saturated rings. The van der Waals surface area contributed by atoms with E-state index in [0.29, 0.717) is 22.8 Å². The average Bonchev–Trinajstić information content (AvgIpc) is 3.19. The summed E-state index contributed by atoms with van der Waals surface area (Å²) in [6, 6.07) is 14.0. The highest BCUT2D eigenvalue weighted by atomic mass is 32.2. The summed E-state index contributed by atoms with van der Waals surface area (Å²) in [4.78, 5) is 16.5. The second kappa shape index (κ2) is 8.95. The molecule has 0 aliphatic heterocycles. The van der Waals surface area contributed by atoms with E-state index in [-0.39, 0.29) is 12.5 Å². The van der Waals surface area contributed by atoms with Crippen molar-refractivity contribution in [3.05, 3.63) is 60.0 Å². The molecule has 0 spiro atoms. The Morgan fingerprint density at radius 3 is 2.63 bits per heavy atom. The summed E-state index contributed by atoms with van der Waals surface area (Å²) >= 11 is 0. The van der Waals surface area contributed by atoms with Gasteiger partial charge in [-0.15, -0.1) is 0 Å². The number of esters is 1. The van der Waals surface area contributed by atoms with Gasteiger partial charge in [0.05, 0.1) is 19.1 Å². The van der Waals surface area contributed by atoms with Gasteiger partial charge in [0.25, 0.3) is 5.89 Å². The number of aromatic nitrogens is 2. The van der Waals surface area contributed by atoms with Crippen molar-refractivity contribution in [3.8, 4) is 17.1 Å². The minimum absolute atomic E-state index is 0.0861. The van der Waals surface area contributed by atoms with Crippen LogP contribution in [0.15, 0.2) is 53.1 Å². The first kappa shape index (κ1) is 21.3. The minimum atomic E-state index is -3.69. The summed E-state index contributed by atoms with van der Waals surface area (Å²) in [5.74, 6) is 0.299. The Labute approximate surface area is 174 Å². The van der Waals surface area contributed by atoms with Crippen molar-refractivity contribution in [3.63, 3.8) is 0 Å². The number of aryl methyl sites for hydroxylation is 1. The molecule has 0 aliphatic rings. The lowest BCUT2D eigenvalue weighted by Gasteiger charge is -2.22. The Morgan fingerprint density at radius 1 is 1.17 bits per heavy atom. The number of anilines is 1. The fraction of sp³-hybridized carbons (Fsp3) is 0.250. The zero-order valence-corrected chi connectivity index (χ0v) is 17.5. The van der Waals surface area contributed by atoms with Gasteiger partial charge < -0.3 is 14.0 Å². The molecule has 1 heterocycles. The highest BCUT2D eigenvalue weighted by molar-refractivity contribution is 7.92. The van der Waals surface area contributed by atoms with Gasteiger partial charge in [0.2, 0.25) is 15.8 Å². The van der Waals surface area contributed by atoms with E-state index in [0.717, 1.165) is 16.1 Å². The fourth-order valence-corrected chi connectivity index (χ4v) is 3.62. The van der Waals surface area contributed by atoms with Crippen molar-refractivity contribution in [2.45, 2.75) is 13.5 Å². The zero-order valence-electron chi connectivity index (χ0n) is 16.7. The summed E-state index contributed by atoms with van der Waals surface area (Å²) in [6.45, 7) is 1.01. The Balaban J connectivity index is 1.66. The molecule has 1 aromatic heterocycles. The Hall–Kier alpha value is -3.40. The summed E-state index contributed by atoms with van der Waals surface area (Å²) in [6.07, 6.45) is 1.03. The summed E-state index contributed by atoms with van der Waals surface area (Å²) in [7, 11) is -2.14. The molecule has 3 rings (SSSR count). The molecule has 0 amide bonds. The van der Waals surface area contributed by atoms with Crippen LogP contribution in [0.5, 0.6) is 5.75 Å². The van der Waals surface area contributed by atoms with Crippen molar-refractivity contribution < 1.29 is 27.2 Å². The Bertz CT molecular complexity index is 1140. The van der Waals surface area contributed by atoms with Crippen LogP contribution in [0, 0.1) is 6.92 Å². The van der Waals surface area contributed by atoms with E-state index in [9.17, 15) is 13.2 Å². The van der Waals surface area contributed by atoms with Crippen LogP contribution in [0.2, 0.25) is 0 Å². The molecule has 0 saturated heterocycles. The minimum Gasteiger partial charge on any atom is -0.497 e. The number of methoxy groups -OCH3 is 1. The number of nitrogens with zero attached hydrogens (tertiary/aromatic N) is 3. The van der Waals surface area contributed by atoms with E-state index in [4.69, 9.17) is 14.0 Å². The third kappa shape index (κ3) is 5.15. The van der Waals surface area contributed by atoms with Crippen LogP contribution in [0.4, 0.5) is 5.69 Å². The third-order valence-corrected chi connectivity index (χ3v) is 5.34. The van der Waals surface area contributed by atoms with Crippen LogP contribution in [-0.2, 0) is 26.2 Å². The highest BCUT2D eigenvalue weighted by Crippen LogP contribution is 2.23. The maximum Gasteiger partial charge on any atom is 0.327 e. The number of hydrogen-bond donors (Lipinski definition) is 0. The SMILES string of the molecule is COc1cccc(-c2noc(COC(=O)CN(c3ccccc3C)S(C)(=O)=O)n2)c1. The second-order valence-corrected chi connectivity index (χ2v) is 8.37. The van der Waals surface area contributed by atoms with Crippen molar-refractivity contribution in [2.75, 3.05) is 24.2 Å². The van der Waals surface area contributed by atoms with Crippen LogP contribution < -0.4 is 9.04 Å². The van der Waals surface area contributed by atoms with Crippen LogP contribution in [0.25, 0.3) is 11.4 Å². The van der Waals surface area contributed by atoms with Gasteiger partial charge in [0.1, 0.15) is 12.3 Å². The molecule has 0 N–H and O–H groups in total. The van der Waals surface area contributed by atoms with Gasteiger partial charge in [-0.1, -0.05) is 35.5 Å². The van der Waals surface area contributed by atoms with E-state index < -0.39 is 22.5 Å². The Morgan fingerprint density at radius 2 is 1.93 bits per heavy atom. The molecule has 0 aliphatic carbocycles. The van der Waals surface area contributed by atoms with Gasteiger partial charge in [0.15, 0.2) is 6.61 Å². The maximum absolute atomic E-state index is 12.3. The first-order valence-corrected chi connectivity index (χ1v) is 10.8. The standard InChI is InChI=1S/C20H21N3O6S/c1-14-7-4-5-10-17(14)23(30(3,25)26)12-19(24)28-13-18-21-20(22-29-18)15-8-6-9-16(11-15)27-2/h4-11H,12-13H2,1-3H3. The van der Waals surface area contributed by atoms with E-state index in [1.54, 1.807) is 62.6 Å². The van der Waals surface area contributed by atoms with Gasteiger partial charge in [-0.3, -0.25) is 9.10 Å². The molecule has 10 heteroatoms. The molecule has 9 nitrogen and oxygen atoms in total. The lowest BCUT2D eigenvalue weighted by atomic mass is 10.2. The van der Waals surface area contributed by atoms with Crippen molar-refractivity contribution in [2.24, 2.45) is 0 Å². The quantitative estimate of drug-likeness (QED) is 0.500. The number of rotatable bonds is 8. The molecule has 0 unspecified atom stereocenters. The second-order valence-electron chi connectivity index (χ2n) is 6.46. The molecule has 30 heavy (non-hydrogen) atoms. The average molecular weight is 431 g/mol. The van der Waals surface area contributed by atoms with Crippen LogP contribution in [-0.4, -0.2) is 44.4 Å². The summed E-state index contributed by atoms with van der Waals surface area (Å²) in [5.41, 5.74) is 1.81. The van der Waals surface area contributed by atoms with Crippen LogP contribution in [0.3, 0.4) is 0 Å². The highest BCUT2D eigenvalue weighted by Gasteiger charge is 2.23. The first-order valence-electron chi connectivity index (χ1n) is 8.94. The molecule has 0 atom stereocenters. The van der Waals surface area contributed by atoms with Gasteiger partial charge in [-0.05, 0) is 30.7 Å². The number of benzene rings is 2. The summed E-state index contributed by atoms with van der Waals surface area (Å²) < 4.78 is 40.8. The molecular weight excluding hydrogens is 410 g/mol. The number of ether oxygens (including phenoxy) is 2. The molecule has 3 aromatic rings.